The maximum Gasteiger partial charge on any atom is 0.111 e. The fourth-order valence-electron chi connectivity index (χ4n) is 3.38. The monoisotopic (exact) mass is 325 g/mol. The Labute approximate surface area is 141 Å². The summed E-state index contributed by atoms with van der Waals surface area (Å²) in [5, 5.41) is 4.35. The zero-order chi connectivity index (χ0) is 15.6. The molecule has 3 nitrogen and oxygen atoms in total. The Kier molecular flexibility index (Phi) is 4.06. The molecule has 3 aromatic rings. The number of para-hydroxylation sites is 2. The molecule has 0 amide bonds. The van der Waals surface area contributed by atoms with Crippen molar-refractivity contribution in [2.45, 2.75) is 31.8 Å². The molecule has 4 rings (SSSR count). The van der Waals surface area contributed by atoms with E-state index in [9.17, 15) is 0 Å². The number of benzene rings is 2. The molecule has 118 valence electrons. The van der Waals surface area contributed by atoms with Gasteiger partial charge in [-0.25, -0.2) is 4.98 Å². The van der Waals surface area contributed by atoms with Crippen molar-refractivity contribution >= 4 is 22.6 Å². The molecule has 1 fully saturated rings. The van der Waals surface area contributed by atoms with Crippen molar-refractivity contribution in [3.8, 4) is 0 Å². The average Bonchev–Trinajstić information content (AvgIpc) is 3.19. The van der Waals surface area contributed by atoms with Crippen molar-refractivity contribution in [2.75, 3.05) is 6.54 Å². The van der Waals surface area contributed by atoms with E-state index in [0.717, 1.165) is 30.0 Å². The first-order valence-electron chi connectivity index (χ1n) is 8.21. The van der Waals surface area contributed by atoms with E-state index in [1.807, 2.05) is 12.1 Å². The molecule has 1 unspecified atom stereocenters. The standard InChI is InChI=1S/C19H20ClN3/c20-15-9-7-14(8-10-15)13-23-18-6-2-1-5-17(18)22-19(23)12-16-4-3-11-21-16/h1-2,5-10,16,21H,3-4,11-13H2. The third-order valence-corrected chi connectivity index (χ3v) is 4.83. The van der Waals surface area contributed by atoms with E-state index in [2.05, 4.69) is 46.3 Å². The number of hydrogen-bond acceptors (Lipinski definition) is 2. The highest BCUT2D eigenvalue weighted by molar-refractivity contribution is 6.30. The first kappa shape index (κ1) is 14.7. The summed E-state index contributed by atoms with van der Waals surface area (Å²) in [6.07, 6.45) is 3.49. The van der Waals surface area contributed by atoms with Gasteiger partial charge in [0.15, 0.2) is 0 Å². The van der Waals surface area contributed by atoms with Crippen LogP contribution in [0.15, 0.2) is 48.5 Å². The molecule has 0 bridgehead atoms. The smallest absolute Gasteiger partial charge is 0.111 e. The van der Waals surface area contributed by atoms with Gasteiger partial charge >= 0.3 is 0 Å². The molecule has 0 saturated carbocycles. The largest absolute Gasteiger partial charge is 0.323 e. The predicted octanol–water partition coefficient (Wildman–Crippen LogP) is 4.03. The molecule has 23 heavy (non-hydrogen) atoms. The number of nitrogens with one attached hydrogen (secondary N) is 1. The van der Waals surface area contributed by atoms with E-state index in [0.29, 0.717) is 6.04 Å². The normalized spacial score (nSPS) is 17.9. The van der Waals surface area contributed by atoms with E-state index < -0.39 is 0 Å². The number of nitrogens with zero attached hydrogens (tertiary/aromatic N) is 2. The fourth-order valence-corrected chi connectivity index (χ4v) is 3.51. The van der Waals surface area contributed by atoms with Gasteiger partial charge in [-0.05, 0) is 49.2 Å². The summed E-state index contributed by atoms with van der Waals surface area (Å²) in [5.41, 5.74) is 3.53. The highest BCUT2D eigenvalue weighted by atomic mass is 35.5. The van der Waals surface area contributed by atoms with Crippen LogP contribution in [0.1, 0.15) is 24.2 Å². The lowest BCUT2D eigenvalue weighted by Gasteiger charge is -2.13. The van der Waals surface area contributed by atoms with Gasteiger partial charge < -0.3 is 9.88 Å². The minimum atomic E-state index is 0.552. The van der Waals surface area contributed by atoms with E-state index in [-0.39, 0.29) is 0 Å². The van der Waals surface area contributed by atoms with Crippen molar-refractivity contribution in [1.82, 2.24) is 14.9 Å². The van der Waals surface area contributed by atoms with E-state index in [1.54, 1.807) is 0 Å². The Morgan fingerprint density at radius 3 is 2.74 bits per heavy atom. The van der Waals surface area contributed by atoms with Crippen LogP contribution in [0.3, 0.4) is 0 Å². The maximum atomic E-state index is 6.01. The van der Waals surface area contributed by atoms with Crippen LogP contribution in [0.2, 0.25) is 5.02 Å². The molecular formula is C19H20ClN3. The minimum Gasteiger partial charge on any atom is -0.323 e. The lowest BCUT2D eigenvalue weighted by molar-refractivity contribution is 0.569. The SMILES string of the molecule is Clc1ccc(Cn2c(CC3CCCN3)nc3ccccc32)cc1. The second kappa shape index (κ2) is 6.34. The second-order valence-corrected chi connectivity index (χ2v) is 6.66. The highest BCUT2D eigenvalue weighted by Crippen LogP contribution is 2.21. The molecule has 1 atom stereocenters. The van der Waals surface area contributed by atoms with Crippen LogP contribution in [0.5, 0.6) is 0 Å². The van der Waals surface area contributed by atoms with Crippen molar-refractivity contribution in [3.63, 3.8) is 0 Å². The van der Waals surface area contributed by atoms with Crippen LogP contribution in [-0.4, -0.2) is 22.1 Å². The van der Waals surface area contributed by atoms with Gasteiger partial charge in [-0.3, -0.25) is 0 Å². The Hall–Kier alpha value is -1.84. The van der Waals surface area contributed by atoms with Gasteiger partial charge in [-0.1, -0.05) is 35.9 Å². The third-order valence-electron chi connectivity index (χ3n) is 4.58. The van der Waals surface area contributed by atoms with E-state index in [1.165, 1.54) is 29.7 Å². The van der Waals surface area contributed by atoms with Crippen LogP contribution in [-0.2, 0) is 13.0 Å². The van der Waals surface area contributed by atoms with Crippen LogP contribution in [0.4, 0.5) is 0 Å². The van der Waals surface area contributed by atoms with E-state index in [4.69, 9.17) is 16.6 Å². The van der Waals surface area contributed by atoms with Gasteiger partial charge in [0.2, 0.25) is 0 Å². The predicted molar refractivity (Wildman–Crippen MR) is 95.0 cm³/mol. The van der Waals surface area contributed by atoms with Crippen LogP contribution >= 0.6 is 11.6 Å². The molecule has 1 aromatic heterocycles. The summed E-state index contributed by atoms with van der Waals surface area (Å²) < 4.78 is 2.35. The lowest BCUT2D eigenvalue weighted by atomic mass is 10.1. The number of aromatic nitrogens is 2. The summed E-state index contributed by atoms with van der Waals surface area (Å²) in [4.78, 5) is 4.89. The quantitative estimate of drug-likeness (QED) is 0.784. The first-order valence-corrected chi connectivity index (χ1v) is 8.59. The second-order valence-electron chi connectivity index (χ2n) is 6.23. The van der Waals surface area contributed by atoms with Crippen molar-refractivity contribution in [2.24, 2.45) is 0 Å². The Morgan fingerprint density at radius 1 is 1.13 bits per heavy atom. The molecule has 0 radical (unpaired) electrons. The Balaban J connectivity index is 1.71. The lowest BCUT2D eigenvalue weighted by Crippen LogP contribution is -2.25. The summed E-state index contributed by atoms with van der Waals surface area (Å²) in [6.45, 7) is 1.96. The molecule has 2 aromatic carbocycles. The van der Waals surface area contributed by atoms with Gasteiger partial charge in [-0.2, -0.15) is 0 Å². The number of rotatable bonds is 4. The van der Waals surface area contributed by atoms with Gasteiger partial charge in [0.05, 0.1) is 11.0 Å². The van der Waals surface area contributed by atoms with Gasteiger partial charge in [-0.15, -0.1) is 0 Å². The third kappa shape index (κ3) is 3.12. The Morgan fingerprint density at radius 2 is 1.96 bits per heavy atom. The maximum absolute atomic E-state index is 6.01. The van der Waals surface area contributed by atoms with Crippen LogP contribution in [0.25, 0.3) is 11.0 Å². The topological polar surface area (TPSA) is 29.9 Å². The van der Waals surface area contributed by atoms with Crippen molar-refractivity contribution in [1.29, 1.82) is 0 Å². The van der Waals surface area contributed by atoms with Gasteiger partial charge in [0.1, 0.15) is 5.82 Å². The van der Waals surface area contributed by atoms with Crippen molar-refractivity contribution in [3.05, 3.63) is 64.9 Å². The molecule has 1 aliphatic rings. The number of halogens is 1. The number of fused-ring (bicyclic) bond motifs is 1. The molecule has 1 N–H and O–H groups in total. The number of hydrogen-bond donors (Lipinski definition) is 1. The fraction of sp³-hybridized carbons (Fsp3) is 0.316. The molecule has 0 spiro atoms. The van der Waals surface area contributed by atoms with Crippen LogP contribution in [0, 0.1) is 0 Å². The van der Waals surface area contributed by atoms with E-state index >= 15 is 0 Å². The zero-order valence-electron chi connectivity index (χ0n) is 13.0. The zero-order valence-corrected chi connectivity index (χ0v) is 13.8. The van der Waals surface area contributed by atoms with Gasteiger partial charge in [0.25, 0.3) is 0 Å². The summed E-state index contributed by atoms with van der Waals surface area (Å²) in [6, 6.07) is 17.0. The summed E-state index contributed by atoms with van der Waals surface area (Å²) in [5.74, 6) is 1.17. The average molecular weight is 326 g/mol. The highest BCUT2D eigenvalue weighted by Gasteiger charge is 2.19. The molecule has 4 heteroatoms. The molecule has 1 aliphatic heterocycles. The number of imidazole rings is 1. The molecular weight excluding hydrogens is 306 g/mol. The Bertz CT molecular complexity index is 801. The molecule has 0 aliphatic carbocycles. The minimum absolute atomic E-state index is 0.552. The summed E-state index contributed by atoms with van der Waals surface area (Å²) >= 11 is 6.01. The van der Waals surface area contributed by atoms with Crippen LogP contribution < -0.4 is 5.32 Å². The summed E-state index contributed by atoms with van der Waals surface area (Å²) in [7, 11) is 0. The van der Waals surface area contributed by atoms with Crippen molar-refractivity contribution < 1.29 is 0 Å². The molecule has 2 heterocycles. The van der Waals surface area contributed by atoms with Gasteiger partial charge in [0, 0.05) is 24.0 Å². The molecule has 1 saturated heterocycles. The first-order chi connectivity index (χ1) is 11.3.